The molecule has 0 N–H and O–H groups in total. The maximum Gasteiger partial charge on any atom is 0.350 e. The lowest BCUT2D eigenvalue weighted by Gasteiger charge is -2.30. The average Bonchev–Trinajstić information content (AvgIpc) is 3.01. The van der Waals surface area contributed by atoms with Crippen molar-refractivity contribution in [2.24, 2.45) is 0 Å². The number of esters is 1. The van der Waals surface area contributed by atoms with Crippen molar-refractivity contribution in [2.45, 2.75) is 46.7 Å². The highest BCUT2D eigenvalue weighted by Gasteiger charge is 2.23. The second-order valence-electron chi connectivity index (χ2n) is 6.73. The summed E-state index contributed by atoms with van der Waals surface area (Å²) in [4.78, 5) is 31.4. The summed E-state index contributed by atoms with van der Waals surface area (Å²) in [7, 11) is 1.61. The van der Waals surface area contributed by atoms with Crippen molar-refractivity contribution in [2.75, 3.05) is 13.7 Å². The van der Waals surface area contributed by atoms with Crippen LogP contribution in [0.2, 0.25) is 0 Å². The monoisotopic (exact) mass is 390 g/mol. The predicted octanol–water partition coefficient (Wildman–Crippen LogP) is 3.93. The van der Waals surface area contributed by atoms with Gasteiger partial charge in [0.15, 0.2) is 6.61 Å². The Bertz CT molecular complexity index is 789. The number of aromatic nitrogens is 1. The summed E-state index contributed by atoms with van der Waals surface area (Å²) in [6, 6.07) is 7.55. The van der Waals surface area contributed by atoms with E-state index in [1.54, 1.807) is 18.9 Å². The summed E-state index contributed by atoms with van der Waals surface area (Å²) in [5.41, 5.74) is 1.48. The number of ether oxygens (including phenoxy) is 2. The Labute approximate surface area is 164 Å². The van der Waals surface area contributed by atoms with E-state index < -0.39 is 5.97 Å². The van der Waals surface area contributed by atoms with Gasteiger partial charge in [-0.15, -0.1) is 11.3 Å². The molecule has 0 saturated heterocycles. The summed E-state index contributed by atoms with van der Waals surface area (Å²) in [6.45, 7) is 9.24. The molecule has 0 saturated carbocycles. The van der Waals surface area contributed by atoms with Gasteiger partial charge in [0.2, 0.25) is 0 Å². The number of thiazole rings is 1. The molecule has 0 aliphatic carbocycles. The van der Waals surface area contributed by atoms with Crippen molar-refractivity contribution in [3.63, 3.8) is 0 Å². The van der Waals surface area contributed by atoms with Gasteiger partial charge < -0.3 is 14.4 Å². The second kappa shape index (κ2) is 8.99. The first-order valence-corrected chi connectivity index (χ1v) is 9.66. The number of hydrogen-bond acceptors (Lipinski definition) is 6. The van der Waals surface area contributed by atoms with Crippen LogP contribution in [-0.4, -0.2) is 47.6 Å². The number of aryl methyl sites for hydroxylation is 1. The Balaban J connectivity index is 2.08. The molecule has 2 aromatic rings. The van der Waals surface area contributed by atoms with Gasteiger partial charge in [-0.25, -0.2) is 9.78 Å². The van der Waals surface area contributed by atoms with Gasteiger partial charge in [-0.05, 0) is 58.9 Å². The molecule has 0 radical (unpaired) electrons. The Hall–Kier alpha value is -2.41. The second-order valence-corrected chi connectivity index (χ2v) is 7.73. The molecule has 27 heavy (non-hydrogen) atoms. The van der Waals surface area contributed by atoms with Crippen LogP contribution >= 0.6 is 11.3 Å². The van der Waals surface area contributed by atoms with E-state index in [4.69, 9.17) is 9.47 Å². The number of hydrogen-bond donors (Lipinski definition) is 0. The lowest BCUT2D eigenvalue weighted by Crippen LogP contribution is -2.44. The molecular formula is C20H26N2O4S. The number of carbonyl (C=O) groups is 2. The van der Waals surface area contributed by atoms with E-state index in [9.17, 15) is 9.59 Å². The van der Waals surface area contributed by atoms with E-state index in [1.165, 1.54) is 11.3 Å². The molecule has 1 aromatic heterocycles. The zero-order valence-corrected chi connectivity index (χ0v) is 17.4. The molecule has 0 aliphatic rings. The van der Waals surface area contributed by atoms with Crippen LogP contribution in [-0.2, 0) is 9.53 Å². The first-order valence-electron chi connectivity index (χ1n) is 8.84. The molecular weight excluding hydrogens is 364 g/mol. The lowest BCUT2D eigenvalue weighted by molar-refractivity contribution is -0.138. The van der Waals surface area contributed by atoms with E-state index >= 15 is 0 Å². The number of benzene rings is 1. The van der Waals surface area contributed by atoms with Crippen LogP contribution < -0.4 is 4.74 Å². The first-order chi connectivity index (χ1) is 12.7. The minimum Gasteiger partial charge on any atom is -0.497 e. The minimum atomic E-state index is -0.523. The smallest absolute Gasteiger partial charge is 0.350 e. The third-order valence-corrected chi connectivity index (χ3v) is 5.23. The van der Waals surface area contributed by atoms with Crippen LogP contribution in [0.4, 0.5) is 0 Å². The van der Waals surface area contributed by atoms with Crippen molar-refractivity contribution in [1.29, 1.82) is 0 Å². The third kappa shape index (κ3) is 5.07. The van der Waals surface area contributed by atoms with Crippen LogP contribution in [0.1, 0.15) is 43.1 Å². The van der Waals surface area contributed by atoms with Crippen LogP contribution in [0.25, 0.3) is 10.6 Å². The Morgan fingerprint density at radius 1 is 1.11 bits per heavy atom. The van der Waals surface area contributed by atoms with Crippen molar-refractivity contribution >= 4 is 23.2 Å². The van der Waals surface area contributed by atoms with Crippen LogP contribution in [0, 0.1) is 6.92 Å². The average molecular weight is 391 g/mol. The summed E-state index contributed by atoms with van der Waals surface area (Å²) in [5.74, 6) is 0.0292. The number of amides is 1. The predicted molar refractivity (Wildman–Crippen MR) is 106 cm³/mol. The summed E-state index contributed by atoms with van der Waals surface area (Å²) >= 11 is 1.26. The fourth-order valence-electron chi connectivity index (χ4n) is 2.88. The van der Waals surface area contributed by atoms with E-state index in [-0.39, 0.29) is 24.6 Å². The van der Waals surface area contributed by atoms with Gasteiger partial charge in [-0.3, -0.25) is 4.79 Å². The molecule has 1 heterocycles. The Kier molecular flexibility index (Phi) is 6.96. The number of nitrogens with zero attached hydrogens (tertiary/aromatic N) is 2. The molecule has 0 bridgehead atoms. The maximum absolute atomic E-state index is 12.4. The molecule has 0 aliphatic heterocycles. The minimum absolute atomic E-state index is 0.0445. The maximum atomic E-state index is 12.4. The standard InChI is InChI=1S/C20H26N2O4S/c1-12(2)22(13(3)4)17(23)11-26-20(24)18-14(5)21-19(27-18)15-7-9-16(25-6)10-8-15/h7-10,12-13H,11H2,1-6H3. The highest BCUT2D eigenvalue weighted by atomic mass is 32.1. The summed E-state index contributed by atoms with van der Waals surface area (Å²) in [5, 5.41) is 0.722. The van der Waals surface area contributed by atoms with Crippen LogP contribution in [0.3, 0.4) is 0 Å². The fraction of sp³-hybridized carbons (Fsp3) is 0.450. The van der Waals surface area contributed by atoms with E-state index in [0.717, 1.165) is 16.3 Å². The molecule has 146 valence electrons. The van der Waals surface area contributed by atoms with Crippen molar-refractivity contribution < 1.29 is 19.1 Å². The molecule has 0 atom stereocenters. The summed E-state index contributed by atoms with van der Waals surface area (Å²) in [6.07, 6.45) is 0. The van der Waals surface area contributed by atoms with Gasteiger partial charge in [-0.2, -0.15) is 0 Å². The number of rotatable bonds is 7. The van der Waals surface area contributed by atoms with Gasteiger partial charge in [0.1, 0.15) is 15.6 Å². The zero-order chi connectivity index (χ0) is 20.1. The molecule has 0 fully saturated rings. The highest BCUT2D eigenvalue weighted by Crippen LogP contribution is 2.29. The summed E-state index contributed by atoms with van der Waals surface area (Å²) < 4.78 is 10.4. The number of carbonyl (C=O) groups excluding carboxylic acids is 2. The van der Waals surface area contributed by atoms with Crippen molar-refractivity contribution in [3.8, 4) is 16.3 Å². The molecule has 1 aromatic carbocycles. The van der Waals surface area contributed by atoms with Crippen LogP contribution in [0.15, 0.2) is 24.3 Å². The highest BCUT2D eigenvalue weighted by molar-refractivity contribution is 7.17. The van der Waals surface area contributed by atoms with Gasteiger partial charge >= 0.3 is 5.97 Å². The molecule has 0 unspecified atom stereocenters. The lowest BCUT2D eigenvalue weighted by atomic mass is 10.2. The molecule has 0 spiro atoms. The molecule has 7 heteroatoms. The van der Waals surface area contributed by atoms with Gasteiger partial charge in [0.25, 0.3) is 5.91 Å². The zero-order valence-electron chi connectivity index (χ0n) is 16.6. The Morgan fingerprint density at radius 2 is 1.70 bits per heavy atom. The molecule has 2 rings (SSSR count). The topological polar surface area (TPSA) is 68.7 Å². The third-order valence-electron chi connectivity index (χ3n) is 4.05. The van der Waals surface area contributed by atoms with Crippen molar-refractivity contribution in [3.05, 3.63) is 34.8 Å². The van der Waals surface area contributed by atoms with E-state index in [1.807, 2.05) is 52.0 Å². The molecule has 1 amide bonds. The fourth-order valence-corrected chi connectivity index (χ4v) is 3.85. The normalized spacial score (nSPS) is 11.0. The van der Waals surface area contributed by atoms with E-state index in [2.05, 4.69) is 4.98 Å². The molecule has 6 nitrogen and oxygen atoms in total. The largest absolute Gasteiger partial charge is 0.497 e. The van der Waals surface area contributed by atoms with E-state index in [0.29, 0.717) is 10.6 Å². The number of methoxy groups -OCH3 is 1. The van der Waals surface area contributed by atoms with Crippen molar-refractivity contribution in [1.82, 2.24) is 9.88 Å². The van der Waals surface area contributed by atoms with Crippen LogP contribution in [0.5, 0.6) is 5.75 Å². The van der Waals surface area contributed by atoms with Gasteiger partial charge in [0.05, 0.1) is 12.8 Å². The Morgan fingerprint density at radius 3 is 2.22 bits per heavy atom. The first kappa shape index (κ1) is 20.9. The SMILES string of the molecule is COc1ccc(-c2nc(C)c(C(=O)OCC(=O)N(C(C)C)C(C)C)s2)cc1. The van der Waals surface area contributed by atoms with Gasteiger partial charge in [-0.1, -0.05) is 0 Å². The quantitative estimate of drug-likeness (QED) is 0.670. The van der Waals surface area contributed by atoms with Gasteiger partial charge in [0, 0.05) is 17.6 Å².